The number of hydrogen-bond donors (Lipinski definition) is 2. The lowest BCUT2D eigenvalue weighted by molar-refractivity contribution is -0.121. The highest BCUT2D eigenvalue weighted by Gasteiger charge is 2.23. The zero-order valence-electron chi connectivity index (χ0n) is 14.4. The maximum atomic E-state index is 11.7. The van der Waals surface area contributed by atoms with Crippen molar-refractivity contribution < 1.29 is 13.2 Å². The van der Waals surface area contributed by atoms with Crippen molar-refractivity contribution in [2.24, 2.45) is 5.92 Å². The molecule has 1 heterocycles. The van der Waals surface area contributed by atoms with Gasteiger partial charge in [0.25, 0.3) is 0 Å². The van der Waals surface area contributed by atoms with E-state index in [1.54, 1.807) is 0 Å². The maximum absolute atomic E-state index is 11.7. The SMILES string of the molecule is Cc1ccccc1CN1CC[C@H](CNC(=O)CCNS(C)(=O)=O)C1. The van der Waals surface area contributed by atoms with E-state index in [1.165, 1.54) is 11.1 Å². The van der Waals surface area contributed by atoms with Crippen molar-refractivity contribution in [3.63, 3.8) is 0 Å². The second-order valence-electron chi connectivity index (χ2n) is 6.54. The molecule has 2 rings (SSSR count). The molecule has 1 aromatic rings. The van der Waals surface area contributed by atoms with Gasteiger partial charge < -0.3 is 5.32 Å². The molecule has 134 valence electrons. The molecule has 0 aliphatic carbocycles. The monoisotopic (exact) mass is 353 g/mol. The molecule has 1 aliphatic rings. The van der Waals surface area contributed by atoms with Crippen LogP contribution in [0.3, 0.4) is 0 Å². The van der Waals surface area contributed by atoms with Crippen LogP contribution in [-0.2, 0) is 21.4 Å². The number of nitrogens with one attached hydrogen (secondary N) is 2. The molecule has 0 bridgehead atoms. The van der Waals surface area contributed by atoms with Gasteiger partial charge in [0, 0.05) is 32.6 Å². The Labute approximate surface area is 144 Å². The summed E-state index contributed by atoms with van der Waals surface area (Å²) in [6.45, 7) is 5.92. The Bertz CT molecular complexity index is 661. The van der Waals surface area contributed by atoms with E-state index in [4.69, 9.17) is 0 Å². The summed E-state index contributed by atoms with van der Waals surface area (Å²) in [5, 5.41) is 2.91. The fourth-order valence-corrected chi connectivity index (χ4v) is 3.42. The molecular weight excluding hydrogens is 326 g/mol. The Balaban J connectivity index is 1.67. The Kier molecular flexibility index (Phi) is 6.77. The predicted octanol–water partition coefficient (Wildman–Crippen LogP) is 0.872. The van der Waals surface area contributed by atoms with Crippen LogP contribution in [0.4, 0.5) is 0 Å². The number of rotatable bonds is 8. The number of amides is 1. The summed E-state index contributed by atoms with van der Waals surface area (Å²) in [7, 11) is -3.23. The molecule has 1 aromatic carbocycles. The van der Waals surface area contributed by atoms with Gasteiger partial charge >= 0.3 is 0 Å². The molecule has 24 heavy (non-hydrogen) atoms. The molecule has 7 heteroatoms. The average molecular weight is 353 g/mol. The van der Waals surface area contributed by atoms with Gasteiger partial charge in [-0.3, -0.25) is 9.69 Å². The van der Waals surface area contributed by atoms with E-state index in [1.807, 2.05) is 0 Å². The Morgan fingerprint density at radius 3 is 2.79 bits per heavy atom. The van der Waals surface area contributed by atoms with E-state index in [-0.39, 0.29) is 18.9 Å². The Hall–Kier alpha value is -1.44. The largest absolute Gasteiger partial charge is 0.356 e. The summed E-state index contributed by atoms with van der Waals surface area (Å²) in [6, 6.07) is 8.42. The van der Waals surface area contributed by atoms with Crippen LogP contribution < -0.4 is 10.0 Å². The van der Waals surface area contributed by atoms with Crippen LogP contribution in [0.2, 0.25) is 0 Å². The third-order valence-corrected chi connectivity index (χ3v) is 5.06. The number of aryl methyl sites for hydroxylation is 1. The molecule has 2 N–H and O–H groups in total. The van der Waals surface area contributed by atoms with Crippen LogP contribution in [0.5, 0.6) is 0 Å². The van der Waals surface area contributed by atoms with E-state index in [9.17, 15) is 13.2 Å². The first-order valence-corrected chi connectivity index (χ1v) is 10.2. The number of carbonyl (C=O) groups is 1. The smallest absolute Gasteiger partial charge is 0.221 e. The van der Waals surface area contributed by atoms with Crippen molar-refractivity contribution >= 4 is 15.9 Å². The lowest BCUT2D eigenvalue weighted by atomic mass is 10.1. The average Bonchev–Trinajstić information content (AvgIpc) is 2.94. The lowest BCUT2D eigenvalue weighted by Gasteiger charge is -2.17. The highest BCUT2D eigenvalue weighted by Crippen LogP contribution is 2.19. The van der Waals surface area contributed by atoms with E-state index in [2.05, 4.69) is 46.1 Å². The molecule has 0 unspecified atom stereocenters. The number of likely N-dealkylation sites (tertiary alicyclic amines) is 1. The van der Waals surface area contributed by atoms with Gasteiger partial charge in [0.1, 0.15) is 0 Å². The molecule has 1 saturated heterocycles. The molecule has 0 saturated carbocycles. The van der Waals surface area contributed by atoms with Gasteiger partial charge in [-0.1, -0.05) is 24.3 Å². The first-order valence-electron chi connectivity index (χ1n) is 8.31. The van der Waals surface area contributed by atoms with E-state index in [0.717, 1.165) is 32.3 Å². The second-order valence-corrected chi connectivity index (χ2v) is 8.37. The van der Waals surface area contributed by atoms with Crippen molar-refractivity contribution in [2.45, 2.75) is 26.3 Å². The summed E-state index contributed by atoms with van der Waals surface area (Å²) < 4.78 is 24.2. The van der Waals surface area contributed by atoms with E-state index in [0.29, 0.717) is 12.5 Å². The minimum absolute atomic E-state index is 0.108. The Morgan fingerprint density at radius 2 is 2.08 bits per heavy atom. The van der Waals surface area contributed by atoms with Gasteiger partial charge in [-0.05, 0) is 36.9 Å². The summed E-state index contributed by atoms with van der Waals surface area (Å²) in [5.74, 6) is 0.351. The zero-order chi connectivity index (χ0) is 17.6. The standard InChI is InChI=1S/C17H27N3O3S/c1-14-5-3-4-6-16(14)13-20-10-8-15(12-20)11-18-17(21)7-9-19-24(2,22)23/h3-6,15,19H,7-13H2,1-2H3,(H,18,21)/t15-/m1/s1. The molecule has 6 nitrogen and oxygen atoms in total. The second kappa shape index (κ2) is 8.60. The van der Waals surface area contributed by atoms with Crippen LogP contribution >= 0.6 is 0 Å². The highest BCUT2D eigenvalue weighted by atomic mass is 32.2. The first-order chi connectivity index (χ1) is 11.3. The number of carbonyl (C=O) groups excluding carboxylic acids is 1. The molecule has 1 aliphatic heterocycles. The van der Waals surface area contributed by atoms with Gasteiger partial charge in [0.2, 0.25) is 15.9 Å². The molecule has 0 radical (unpaired) electrons. The number of nitrogens with zero attached hydrogens (tertiary/aromatic N) is 1. The van der Waals surface area contributed by atoms with Crippen LogP contribution in [0.1, 0.15) is 24.0 Å². The van der Waals surface area contributed by atoms with Crippen molar-refractivity contribution in [3.05, 3.63) is 35.4 Å². The number of sulfonamides is 1. The summed E-state index contributed by atoms with van der Waals surface area (Å²) in [5.41, 5.74) is 2.67. The minimum atomic E-state index is -3.23. The van der Waals surface area contributed by atoms with Crippen LogP contribution in [0.25, 0.3) is 0 Å². The van der Waals surface area contributed by atoms with Crippen molar-refractivity contribution in [2.75, 3.05) is 32.4 Å². The number of hydrogen-bond acceptors (Lipinski definition) is 4. The van der Waals surface area contributed by atoms with Gasteiger partial charge in [-0.25, -0.2) is 13.1 Å². The van der Waals surface area contributed by atoms with Crippen LogP contribution in [0.15, 0.2) is 24.3 Å². The molecular formula is C17H27N3O3S. The topological polar surface area (TPSA) is 78.5 Å². The van der Waals surface area contributed by atoms with Gasteiger partial charge in [0.15, 0.2) is 0 Å². The highest BCUT2D eigenvalue weighted by molar-refractivity contribution is 7.88. The maximum Gasteiger partial charge on any atom is 0.221 e. The van der Waals surface area contributed by atoms with Gasteiger partial charge in [-0.2, -0.15) is 0 Å². The molecule has 1 amide bonds. The fourth-order valence-electron chi connectivity index (χ4n) is 2.95. The lowest BCUT2D eigenvalue weighted by Crippen LogP contribution is -2.33. The first kappa shape index (κ1) is 18.9. The third kappa shape index (κ3) is 6.59. The summed E-state index contributed by atoms with van der Waals surface area (Å²) >= 11 is 0. The zero-order valence-corrected chi connectivity index (χ0v) is 15.2. The molecule has 1 fully saturated rings. The van der Waals surface area contributed by atoms with Crippen molar-refractivity contribution in [3.8, 4) is 0 Å². The van der Waals surface area contributed by atoms with Crippen molar-refractivity contribution in [1.82, 2.24) is 14.9 Å². The third-order valence-electron chi connectivity index (χ3n) is 4.33. The summed E-state index contributed by atoms with van der Waals surface area (Å²) in [4.78, 5) is 14.2. The summed E-state index contributed by atoms with van der Waals surface area (Å²) in [6.07, 6.45) is 2.34. The molecule has 0 spiro atoms. The van der Waals surface area contributed by atoms with Crippen LogP contribution in [-0.4, -0.2) is 51.7 Å². The van der Waals surface area contributed by atoms with E-state index < -0.39 is 10.0 Å². The van der Waals surface area contributed by atoms with Crippen molar-refractivity contribution in [1.29, 1.82) is 0 Å². The predicted molar refractivity (Wildman–Crippen MR) is 95.0 cm³/mol. The Morgan fingerprint density at radius 1 is 1.33 bits per heavy atom. The van der Waals surface area contributed by atoms with Gasteiger partial charge in [-0.15, -0.1) is 0 Å². The molecule has 1 atom stereocenters. The minimum Gasteiger partial charge on any atom is -0.356 e. The molecule has 0 aromatic heterocycles. The van der Waals surface area contributed by atoms with Crippen LogP contribution in [0, 0.1) is 12.8 Å². The quantitative estimate of drug-likeness (QED) is 0.727. The fraction of sp³-hybridized carbons (Fsp3) is 0.588. The van der Waals surface area contributed by atoms with E-state index >= 15 is 0 Å². The van der Waals surface area contributed by atoms with Gasteiger partial charge in [0.05, 0.1) is 6.26 Å². The normalized spacial score (nSPS) is 18.7. The number of benzene rings is 1.